The summed E-state index contributed by atoms with van der Waals surface area (Å²) in [5.74, 6) is 1.65. The number of ether oxygens (including phenoxy) is 1. The van der Waals surface area contributed by atoms with Crippen molar-refractivity contribution in [1.29, 1.82) is 0 Å². The number of unbranched alkanes of at least 4 members (excludes halogenated alkanes) is 1. The number of nitrogens with zero attached hydrogens (tertiary/aromatic N) is 1. The average molecular weight is 380 g/mol. The Balaban J connectivity index is 1.96. The van der Waals surface area contributed by atoms with E-state index < -0.39 is 0 Å². The van der Waals surface area contributed by atoms with Gasteiger partial charge < -0.3 is 9.64 Å². The van der Waals surface area contributed by atoms with Gasteiger partial charge in [0.25, 0.3) is 0 Å². The fourth-order valence-electron chi connectivity index (χ4n) is 5.07. The van der Waals surface area contributed by atoms with Crippen LogP contribution in [0.5, 0.6) is 0 Å². The highest BCUT2D eigenvalue weighted by Crippen LogP contribution is 2.35. The predicted octanol–water partition coefficient (Wildman–Crippen LogP) is 5.34. The molecule has 2 fully saturated rings. The van der Waals surface area contributed by atoms with Crippen molar-refractivity contribution < 1.29 is 14.3 Å². The van der Waals surface area contributed by atoms with Crippen LogP contribution in [0.1, 0.15) is 97.8 Å². The Kier molecular flexibility index (Phi) is 9.64. The first-order valence-corrected chi connectivity index (χ1v) is 11.5. The Morgan fingerprint density at radius 1 is 1.00 bits per heavy atom. The molecule has 0 heterocycles. The van der Waals surface area contributed by atoms with Gasteiger partial charge in [0.05, 0.1) is 13.0 Å². The number of esters is 1. The lowest BCUT2D eigenvalue weighted by Gasteiger charge is -2.41. The van der Waals surface area contributed by atoms with Gasteiger partial charge in [0, 0.05) is 18.5 Å². The maximum atomic E-state index is 13.4. The zero-order chi connectivity index (χ0) is 19.6. The summed E-state index contributed by atoms with van der Waals surface area (Å²) in [7, 11) is 0. The first kappa shape index (κ1) is 22.2. The van der Waals surface area contributed by atoms with Gasteiger partial charge in [-0.2, -0.15) is 0 Å². The Bertz CT molecular complexity index is 457. The molecule has 4 nitrogen and oxygen atoms in total. The molecule has 2 aliphatic rings. The molecule has 1 amide bonds. The molecule has 0 radical (unpaired) electrons. The van der Waals surface area contributed by atoms with Gasteiger partial charge in [0.1, 0.15) is 0 Å². The molecule has 156 valence electrons. The quantitative estimate of drug-likeness (QED) is 0.508. The molecule has 0 N–H and O–H groups in total. The smallest absolute Gasteiger partial charge is 0.307 e. The normalized spacial score (nSPS) is 28.6. The van der Waals surface area contributed by atoms with Crippen LogP contribution in [0.15, 0.2) is 0 Å². The van der Waals surface area contributed by atoms with Gasteiger partial charge >= 0.3 is 5.97 Å². The molecule has 2 atom stereocenters. The summed E-state index contributed by atoms with van der Waals surface area (Å²) >= 11 is 0. The third-order valence-electron chi connectivity index (χ3n) is 6.77. The number of rotatable bonds is 9. The van der Waals surface area contributed by atoms with E-state index in [1.54, 1.807) is 0 Å². The summed E-state index contributed by atoms with van der Waals surface area (Å²) in [6.07, 6.45) is 13.4. The van der Waals surface area contributed by atoms with Crippen molar-refractivity contribution >= 4 is 11.9 Å². The van der Waals surface area contributed by atoms with Gasteiger partial charge in [-0.05, 0) is 57.3 Å². The van der Waals surface area contributed by atoms with Gasteiger partial charge in [-0.25, -0.2) is 0 Å². The maximum Gasteiger partial charge on any atom is 0.307 e. The van der Waals surface area contributed by atoms with E-state index in [9.17, 15) is 9.59 Å². The second-order valence-corrected chi connectivity index (χ2v) is 8.78. The molecule has 0 aliphatic heterocycles. The van der Waals surface area contributed by atoms with Crippen LogP contribution in [0, 0.1) is 17.8 Å². The lowest BCUT2D eigenvalue weighted by molar-refractivity contribution is -0.146. The molecule has 4 heteroatoms. The van der Waals surface area contributed by atoms with Crippen molar-refractivity contribution in [2.45, 2.75) is 104 Å². The minimum Gasteiger partial charge on any atom is -0.466 e. The largest absolute Gasteiger partial charge is 0.466 e. The van der Waals surface area contributed by atoms with Gasteiger partial charge in [0.15, 0.2) is 0 Å². The second-order valence-electron chi connectivity index (χ2n) is 8.78. The fourth-order valence-corrected chi connectivity index (χ4v) is 5.07. The minimum absolute atomic E-state index is 0.166. The number of carbonyl (C=O) groups is 2. The number of carbonyl (C=O) groups excluding carboxylic acids is 2. The van der Waals surface area contributed by atoms with Crippen molar-refractivity contribution in [3.05, 3.63) is 0 Å². The van der Waals surface area contributed by atoms with Crippen LogP contribution < -0.4 is 0 Å². The predicted molar refractivity (Wildman–Crippen MR) is 109 cm³/mol. The van der Waals surface area contributed by atoms with Gasteiger partial charge in [-0.15, -0.1) is 0 Å². The zero-order valence-corrected chi connectivity index (χ0v) is 17.9. The summed E-state index contributed by atoms with van der Waals surface area (Å²) < 4.78 is 5.11. The highest BCUT2D eigenvalue weighted by Gasteiger charge is 2.35. The van der Waals surface area contributed by atoms with Gasteiger partial charge in [-0.1, -0.05) is 46.0 Å². The highest BCUT2D eigenvalue weighted by atomic mass is 16.5. The highest BCUT2D eigenvalue weighted by molar-refractivity contribution is 5.80. The number of amides is 1. The first-order chi connectivity index (χ1) is 13.1. The average Bonchev–Trinajstić information content (AvgIpc) is 2.68. The second kappa shape index (κ2) is 11.7. The molecule has 0 aromatic carbocycles. The Labute approximate surface area is 166 Å². The van der Waals surface area contributed by atoms with Crippen molar-refractivity contribution in [1.82, 2.24) is 4.90 Å². The number of hydrogen-bond donors (Lipinski definition) is 0. The topological polar surface area (TPSA) is 46.6 Å². The molecule has 27 heavy (non-hydrogen) atoms. The lowest BCUT2D eigenvalue weighted by Crippen LogP contribution is -2.49. The van der Waals surface area contributed by atoms with Crippen LogP contribution in [-0.2, 0) is 14.3 Å². The van der Waals surface area contributed by atoms with E-state index in [4.69, 9.17) is 4.74 Å². The molecule has 0 bridgehead atoms. The van der Waals surface area contributed by atoms with E-state index in [2.05, 4.69) is 18.7 Å². The molecule has 0 aromatic rings. The van der Waals surface area contributed by atoms with Crippen LogP contribution in [0.25, 0.3) is 0 Å². The van der Waals surface area contributed by atoms with Crippen LogP contribution in [-0.4, -0.2) is 36.0 Å². The SMILES string of the molecule is CCCCC1CCC(C(=O)N(CCC(=O)OCC)C2CCCCC2C)CC1. The fraction of sp³-hybridized carbons (Fsp3) is 0.913. The third kappa shape index (κ3) is 6.80. The van der Waals surface area contributed by atoms with Crippen LogP contribution >= 0.6 is 0 Å². The van der Waals surface area contributed by atoms with E-state index in [1.165, 1.54) is 51.4 Å². The van der Waals surface area contributed by atoms with Gasteiger partial charge in [0.2, 0.25) is 5.91 Å². The standard InChI is InChI=1S/C23H41NO3/c1-4-6-10-19-12-14-20(15-13-19)23(26)24(17-16-22(25)27-5-2)21-11-8-7-9-18(21)3/h18-21H,4-17H2,1-3H3. The first-order valence-electron chi connectivity index (χ1n) is 11.5. The van der Waals surface area contributed by atoms with Crippen LogP contribution in [0.3, 0.4) is 0 Å². The van der Waals surface area contributed by atoms with Crippen molar-refractivity contribution in [2.75, 3.05) is 13.2 Å². The van der Waals surface area contributed by atoms with Crippen molar-refractivity contribution in [3.63, 3.8) is 0 Å². The van der Waals surface area contributed by atoms with E-state index in [0.29, 0.717) is 37.4 Å². The molecule has 0 saturated heterocycles. The van der Waals surface area contributed by atoms with Crippen molar-refractivity contribution in [2.24, 2.45) is 17.8 Å². The molecular formula is C23H41NO3. The van der Waals surface area contributed by atoms with E-state index in [-0.39, 0.29) is 11.9 Å². The molecule has 2 unspecified atom stereocenters. The molecular weight excluding hydrogens is 338 g/mol. The third-order valence-corrected chi connectivity index (χ3v) is 6.77. The van der Waals surface area contributed by atoms with Crippen LogP contribution in [0.2, 0.25) is 0 Å². The minimum atomic E-state index is -0.179. The summed E-state index contributed by atoms with van der Waals surface area (Å²) in [5.41, 5.74) is 0. The summed E-state index contributed by atoms with van der Waals surface area (Å²) in [6.45, 7) is 7.30. The molecule has 0 aromatic heterocycles. The van der Waals surface area contributed by atoms with Crippen LogP contribution in [0.4, 0.5) is 0 Å². The van der Waals surface area contributed by atoms with E-state index in [1.807, 2.05) is 6.92 Å². The van der Waals surface area contributed by atoms with E-state index >= 15 is 0 Å². The molecule has 2 saturated carbocycles. The lowest BCUT2D eigenvalue weighted by atomic mass is 9.78. The monoisotopic (exact) mass is 379 g/mol. The Hall–Kier alpha value is -1.06. The summed E-state index contributed by atoms with van der Waals surface area (Å²) in [5, 5.41) is 0. The molecule has 0 spiro atoms. The number of hydrogen-bond acceptors (Lipinski definition) is 3. The molecule has 2 rings (SSSR count). The Morgan fingerprint density at radius 3 is 2.33 bits per heavy atom. The summed E-state index contributed by atoms with van der Waals surface area (Å²) in [4.78, 5) is 27.4. The molecule has 2 aliphatic carbocycles. The zero-order valence-electron chi connectivity index (χ0n) is 17.9. The van der Waals surface area contributed by atoms with Crippen molar-refractivity contribution in [3.8, 4) is 0 Å². The van der Waals surface area contributed by atoms with Gasteiger partial charge in [-0.3, -0.25) is 9.59 Å². The Morgan fingerprint density at radius 2 is 1.70 bits per heavy atom. The summed E-state index contributed by atoms with van der Waals surface area (Å²) in [6, 6.07) is 0.304. The maximum absolute atomic E-state index is 13.4. The van der Waals surface area contributed by atoms with E-state index in [0.717, 1.165) is 25.2 Å².